The molecule has 3 amide bonds. The minimum absolute atomic E-state index is 0.240. The van der Waals surface area contributed by atoms with Crippen LogP contribution in [0.1, 0.15) is 27.0 Å². The van der Waals surface area contributed by atoms with Crippen molar-refractivity contribution in [3.05, 3.63) is 85.6 Å². The fourth-order valence-electron chi connectivity index (χ4n) is 3.38. The molecule has 4 rings (SSSR count). The minimum atomic E-state index is -0.815. The van der Waals surface area contributed by atoms with Crippen molar-refractivity contribution in [1.29, 1.82) is 0 Å². The number of anilines is 1. The lowest BCUT2D eigenvalue weighted by Gasteiger charge is -2.12. The number of urea groups is 1. The molecule has 2 aromatic heterocycles. The summed E-state index contributed by atoms with van der Waals surface area (Å²) in [5.74, 6) is -0.815. The number of para-hydroxylation sites is 1. The smallest absolute Gasteiger partial charge is 0.349 e. The Kier molecular flexibility index (Phi) is 5.23. The largest absolute Gasteiger partial charge is 0.423 e. The van der Waals surface area contributed by atoms with Crippen molar-refractivity contribution in [2.24, 2.45) is 0 Å². The number of benzene rings is 2. The highest BCUT2D eigenvalue weighted by Crippen LogP contribution is 2.25. The molecule has 2 aromatic carbocycles. The van der Waals surface area contributed by atoms with Gasteiger partial charge in [-0.1, -0.05) is 18.2 Å². The molecule has 9 nitrogen and oxygen atoms in total. The summed E-state index contributed by atoms with van der Waals surface area (Å²) in [7, 11) is 0. The Bertz CT molecular complexity index is 1520. The molecule has 0 aliphatic rings. The summed E-state index contributed by atoms with van der Waals surface area (Å²) >= 11 is 0. The van der Waals surface area contributed by atoms with E-state index in [1.165, 1.54) is 12.1 Å². The molecule has 162 valence electrons. The van der Waals surface area contributed by atoms with Gasteiger partial charge in [0, 0.05) is 22.5 Å². The SMILES string of the molecule is Cc1cc2oc(=O)cc(C)c2cc1NC(=O)NNC(=O)c1cc2cccc(C)c2oc1=O. The standard InChI is InChI=1S/C23H19N3O6/c1-11-5-4-6-14-9-16(22(29)32-20(11)14)21(28)25-26-23(30)24-17-10-15-12(2)8-19(27)31-18(15)7-13(17)3/h4-10H,1-3H3,(H,25,28)(H2,24,26,30). The summed E-state index contributed by atoms with van der Waals surface area (Å²) in [5, 5.41) is 3.87. The Labute approximate surface area is 181 Å². The Morgan fingerprint density at radius 2 is 1.62 bits per heavy atom. The van der Waals surface area contributed by atoms with Gasteiger partial charge in [0.1, 0.15) is 16.7 Å². The summed E-state index contributed by atoms with van der Waals surface area (Å²) in [6.07, 6.45) is 0. The van der Waals surface area contributed by atoms with E-state index in [-0.39, 0.29) is 5.56 Å². The van der Waals surface area contributed by atoms with Crippen molar-refractivity contribution in [2.45, 2.75) is 20.8 Å². The normalized spacial score (nSPS) is 10.8. The molecule has 0 radical (unpaired) electrons. The second-order valence-electron chi connectivity index (χ2n) is 7.39. The minimum Gasteiger partial charge on any atom is -0.423 e. The van der Waals surface area contributed by atoms with Crippen molar-refractivity contribution < 1.29 is 18.4 Å². The summed E-state index contributed by atoms with van der Waals surface area (Å²) in [5.41, 5.74) is 6.29. The van der Waals surface area contributed by atoms with Gasteiger partial charge in [-0.3, -0.25) is 10.2 Å². The van der Waals surface area contributed by atoms with Gasteiger partial charge in [0.25, 0.3) is 5.91 Å². The lowest BCUT2D eigenvalue weighted by Crippen LogP contribution is -2.45. The number of aryl methyl sites for hydroxylation is 3. The summed E-state index contributed by atoms with van der Waals surface area (Å²) < 4.78 is 10.4. The Hall–Kier alpha value is -4.40. The van der Waals surface area contributed by atoms with E-state index in [9.17, 15) is 19.2 Å². The van der Waals surface area contributed by atoms with E-state index < -0.39 is 23.2 Å². The van der Waals surface area contributed by atoms with Crippen LogP contribution in [-0.4, -0.2) is 11.9 Å². The summed E-state index contributed by atoms with van der Waals surface area (Å²) in [6.45, 7) is 5.29. The van der Waals surface area contributed by atoms with E-state index in [0.29, 0.717) is 38.8 Å². The van der Waals surface area contributed by atoms with Gasteiger partial charge >= 0.3 is 17.3 Å². The molecule has 0 saturated carbocycles. The number of rotatable bonds is 2. The first-order valence-electron chi connectivity index (χ1n) is 9.69. The van der Waals surface area contributed by atoms with Crippen LogP contribution in [-0.2, 0) is 0 Å². The number of carbonyl (C=O) groups excluding carboxylic acids is 2. The number of hydrogen-bond donors (Lipinski definition) is 3. The lowest BCUT2D eigenvalue weighted by molar-refractivity contribution is 0.0934. The van der Waals surface area contributed by atoms with Crippen LogP contribution in [0.4, 0.5) is 10.5 Å². The zero-order valence-corrected chi connectivity index (χ0v) is 17.5. The third-order valence-corrected chi connectivity index (χ3v) is 5.04. The third-order valence-electron chi connectivity index (χ3n) is 5.04. The van der Waals surface area contributed by atoms with Crippen LogP contribution in [0.15, 0.2) is 60.9 Å². The molecule has 0 unspecified atom stereocenters. The zero-order valence-electron chi connectivity index (χ0n) is 17.5. The summed E-state index contributed by atoms with van der Waals surface area (Å²) in [6, 6.07) is 10.6. The highest BCUT2D eigenvalue weighted by Gasteiger charge is 2.16. The number of nitrogens with one attached hydrogen (secondary N) is 3. The first-order chi connectivity index (χ1) is 15.2. The number of hydrogen-bond acceptors (Lipinski definition) is 6. The van der Waals surface area contributed by atoms with E-state index in [2.05, 4.69) is 16.2 Å². The van der Waals surface area contributed by atoms with Gasteiger partial charge in [-0.25, -0.2) is 19.8 Å². The molecule has 0 aliphatic heterocycles. The van der Waals surface area contributed by atoms with Crippen LogP contribution in [0.25, 0.3) is 21.9 Å². The van der Waals surface area contributed by atoms with E-state index >= 15 is 0 Å². The first kappa shape index (κ1) is 20.9. The highest BCUT2D eigenvalue weighted by atomic mass is 16.4. The van der Waals surface area contributed by atoms with Gasteiger partial charge in [-0.15, -0.1) is 0 Å². The second-order valence-corrected chi connectivity index (χ2v) is 7.39. The number of amides is 3. The molecular weight excluding hydrogens is 414 g/mol. The van der Waals surface area contributed by atoms with Crippen LogP contribution in [0.3, 0.4) is 0 Å². The van der Waals surface area contributed by atoms with E-state index in [4.69, 9.17) is 8.83 Å². The van der Waals surface area contributed by atoms with E-state index in [0.717, 1.165) is 5.56 Å². The quantitative estimate of drug-likeness (QED) is 0.328. The number of hydrazine groups is 1. The van der Waals surface area contributed by atoms with Gasteiger partial charge in [0.2, 0.25) is 0 Å². The van der Waals surface area contributed by atoms with Crippen molar-refractivity contribution >= 4 is 39.6 Å². The maximum Gasteiger partial charge on any atom is 0.349 e. The maximum absolute atomic E-state index is 12.4. The first-order valence-corrected chi connectivity index (χ1v) is 9.69. The van der Waals surface area contributed by atoms with Gasteiger partial charge < -0.3 is 14.2 Å². The van der Waals surface area contributed by atoms with Gasteiger partial charge in [-0.05, 0) is 55.7 Å². The molecule has 3 N–H and O–H groups in total. The van der Waals surface area contributed by atoms with Crippen LogP contribution in [0.5, 0.6) is 0 Å². The third kappa shape index (κ3) is 3.95. The van der Waals surface area contributed by atoms with E-state index in [1.807, 2.05) is 0 Å². The van der Waals surface area contributed by atoms with Crippen LogP contribution >= 0.6 is 0 Å². The molecule has 0 fully saturated rings. The molecular formula is C23H19N3O6. The molecule has 32 heavy (non-hydrogen) atoms. The fraction of sp³-hybridized carbons (Fsp3) is 0.130. The van der Waals surface area contributed by atoms with Crippen molar-refractivity contribution in [3.63, 3.8) is 0 Å². The van der Waals surface area contributed by atoms with Gasteiger partial charge in [0.05, 0.1) is 0 Å². The molecule has 0 saturated heterocycles. The lowest BCUT2D eigenvalue weighted by atomic mass is 10.1. The number of fused-ring (bicyclic) bond motifs is 2. The molecule has 9 heteroatoms. The van der Waals surface area contributed by atoms with Crippen molar-refractivity contribution in [2.75, 3.05) is 5.32 Å². The van der Waals surface area contributed by atoms with Gasteiger partial charge in [0.15, 0.2) is 0 Å². The van der Waals surface area contributed by atoms with Crippen LogP contribution in [0.2, 0.25) is 0 Å². The molecule has 0 atom stereocenters. The topological polar surface area (TPSA) is 131 Å². The average Bonchev–Trinajstić information content (AvgIpc) is 2.73. The highest BCUT2D eigenvalue weighted by molar-refractivity contribution is 5.99. The monoisotopic (exact) mass is 433 g/mol. The molecule has 4 aromatic rings. The Morgan fingerprint density at radius 3 is 2.41 bits per heavy atom. The maximum atomic E-state index is 12.4. The zero-order chi connectivity index (χ0) is 23.0. The van der Waals surface area contributed by atoms with Crippen LogP contribution in [0, 0.1) is 20.8 Å². The predicted octanol–water partition coefficient (Wildman–Crippen LogP) is 3.29. The van der Waals surface area contributed by atoms with E-state index in [1.54, 1.807) is 51.1 Å². The number of carbonyl (C=O) groups is 2. The van der Waals surface area contributed by atoms with Crippen LogP contribution < -0.4 is 27.4 Å². The predicted molar refractivity (Wildman–Crippen MR) is 119 cm³/mol. The average molecular weight is 433 g/mol. The van der Waals surface area contributed by atoms with Crippen molar-refractivity contribution in [3.8, 4) is 0 Å². The molecule has 2 heterocycles. The van der Waals surface area contributed by atoms with Crippen molar-refractivity contribution in [1.82, 2.24) is 10.9 Å². The molecule has 0 aliphatic carbocycles. The summed E-state index contributed by atoms with van der Waals surface area (Å²) in [4.78, 5) is 48.5. The second kappa shape index (κ2) is 8.03. The Morgan fingerprint density at radius 1 is 0.844 bits per heavy atom. The fourth-order valence-corrected chi connectivity index (χ4v) is 3.38. The molecule has 0 spiro atoms. The Balaban J connectivity index is 1.50. The van der Waals surface area contributed by atoms with Gasteiger partial charge in [-0.2, -0.15) is 0 Å². The molecule has 0 bridgehead atoms.